The predicted molar refractivity (Wildman–Crippen MR) is 126 cm³/mol. The molecule has 2 aromatic heterocycles. The summed E-state index contributed by atoms with van der Waals surface area (Å²) in [6.07, 6.45) is 1.93. The molecule has 0 radical (unpaired) electrons. The summed E-state index contributed by atoms with van der Waals surface area (Å²) in [5.74, 6) is -1.79. The van der Waals surface area contributed by atoms with E-state index in [9.17, 15) is 24.5 Å². The molecule has 10 nitrogen and oxygen atoms in total. The van der Waals surface area contributed by atoms with Crippen molar-refractivity contribution in [3.05, 3.63) is 98.4 Å². The first-order chi connectivity index (χ1) is 16.4. The Morgan fingerprint density at radius 2 is 1.82 bits per heavy atom. The van der Waals surface area contributed by atoms with Crippen LogP contribution in [0.15, 0.2) is 72.2 Å². The third-order valence-corrected chi connectivity index (χ3v) is 5.95. The van der Waals surface area contributed by atoms with Crippen molar-refractivity contribution < 1.29 is 19.3 Å². The lowest BCUT2D eigenvalue weighted by molar-refractivity contribution is -0.384. The van der Waals surface area contributed by atoms with Crippen molar-refractivity contribution in [3.8, 4) is 0 Å². The van der Waals surface area contributed by atoms with Crippen molar-refractivity contribution in [2.24, 2.45) is 0 Å². The first-order valence-electron chi connectivity index (χ1n) is 10.2. The lowest BCUT2D eigenvalue weighted by Crippen LogP contribution is -2.53. The summed E-state index contributed by atoms with van der Waals surface area (Å²) in [6.45, 7) is 0. The molecule has 2 heterocycles. The Balaban J connectivity index is 1.50. The predicted octanol–water partition coefficient (Wildman–Crippen LogP) is 2.94. The lowest BCUT2D eigenvalue weighted by Gasteiger charge is -2.18. The van der Waals surface area contributed by atoms with Crippen molar-refractivity contribution in [3.63, 3.8) is 0 Å². The molecule has 34 heavy (non-hydrogen) atoms. The van der Waals surface area contributed by atoms with Crippen molar-refractivity contribution >= 4 is 45.6 Å². The van der Waals surface area contributed by atoms with Gasteiger partial charge in [0.25, 0.3) is 23.4 Å². The van der Waals surface area contributed by atoms with Gasteiger partial charge in [0.2, 0.25) is 0 Å². The lowest BCUT2D eigenvalue weighted by atomic mass is 10.0. The van der Waals surface area contributed by atoms with Gasteiger partial charge in [-0.3, -0.25) is 35.3 Å². The SMILES string of the molecule is O=C(NNC(=O)[C@H](Cc1c[nH]c2ccccc12)NC(=O)c1cccs1)c1cccc([N+](=O)[O-])c1. The van der Waals surface area contributed by atoms with E-state index in [1.165, 1.54) is 29.5 Å². The number of aromatic nitrogens is 1. The van der Waals surface area contributed by atoms with E-state index in [1.807, 2.05) is 24.3 Å². The number of H-pyrrole nitrogens is 1. The van der Waals surface area contributed by atoms with Crippen LogP contribution in [0.1, 0.15) is 25.6 Å². The van der Waals surface area contributed by atoms with Gasteiger partial charge in [-0.05, 0) is 29.1 Å². The number of carbonyl (C=O) groups excluding carboxylic acids is 3. The normalized spacial score (nSPS) is 11.5. The Kier molecular flexibility index (Phi) is 6.64. The molecule has 11 heteroatoms. The van der Waals surface area contributed by atoms with E-state index in [4.69, 9.17) is 0 Å². The van der Waals surface area contributed by atoms with E-state index >= 15 is 0 Å². The first-order valence-corrected chi connectivity index (χ1v) is 11.0. The van der Waals surface area contributed by atoms with Crippen LogP contribution in [0.3, 0.4) is 0 Å². The van der Waals surface area contributed by atoms with Crippen molar-refractivity contribution in [2.75, 3.05) is 0 Å². The summed E-state index contributed by atoms with van der Waals surface area (Å²) in [5, 5.41) is 16.3. The highest BCUT2D eigenvalue weighted by molar-refractivity contribution is 7.12. The van der Waals surface area contributed by atoms with E-state index in [0.717, 1.165) is 22.5 Å². The highest BCUT2D eigenvalue weighted by Gasteiger charge is 2.24. The average molecular weight is 478 g/mol. The minimum atomic E-state index is -1.00. The number of fused-ring (bicyclic) bond motifs is 1. The standard InChI is InChI=1S/C23H19N5O5S/c29-21(14-5-3-6-16(11-14)28(32)33)26-27-22(30)19(25-23(31)20-9-4-10-34-20)12-15-13-24-18-8-2-1-7-17(15)18/h1-11,13,19,24H,12H2,(H,25,31)(H,26,29)(H,27,30)/t19-/m0/s1. The summed E-state index contributed by atoms with van der Waals surface area (Å²) in [6, 6.07) is 15.0. The van der Waals surface area contributed by atoms with Gasteiger partial charge in [0.1, 0.15) is 6.04 Å². The quantitative estimate of drug-likeness (QED) is 0.239. The molecule has 2 aromatic carbocycles. The van der Waals surface area contributed by atoms with Gasteiger partial charge in [-0.15, -0.1) is 11.3 Å². The number of nitrogens with one attached hydrogen (secondary N) is 4. The molecule has 0 saturated heterocycles. The molecule has 0 unspecified atom stereocenters. The second-order valence-electron chi connectivity index (χ2n) is 7.32. The molecule has 0 spiro atoms. The molecular formula is C23H19N5O5S. The molecule has 172 valence electrons. The summed E-state index contributed by atoms with van der Waals surface area (Å²) in [7, 11) is 0. The number of hydrogen-bond acceptors (Lipinski definition) is 6. The van der Waals surface area contributed by atoms with Crippen LogP contribution < -0.4 is 16.2 Å². The molecule has 3 amide bonds. The average Bonchev–Trinajstić information content (AvgIpc) is 3.53. The molecule has 0 aliphatic heterocycles. The smallest absolute Gasteiger partial charge is 0.270 e. The van der Waals surface area contributed by atoms with Crippen molar-refractivity contribution in [2.45, 2.75) is 12.5 Å². The molecule has 0 fully saturated rings. The summed E-state index contributed by atoms with van der Waals surface area (Å²) < 4.78 is 0. The zero-order chi connectivity index (χ0) is 24.1. The highest BCUT2D eigenvalue weighted by atomic mass is 32.1. The third-order valence-electron chi connectivity index (χ3n) is 5.08. The summed E-state index contributed by atoms with van der Waals surface area (Å²) in [5.41, 5.74) is 6.02. The molecule has 0 aliphatic carbocycles. The number of non-ortho nitro benzene ring substituents is 1. The van der Waals surface area contributed by atoms with E-state index in [0.29, 0.717) is 4.88 Å². The monoisotopic (exact) mass is 477 g/mol. The zero-order valence-electron chi connectivity index (χ0n) is 17.6. The van der Waals surface area contributed by atoms with Gasteiger partial charge in [0.05, 0.1) is 9.80 Å². The number of rotatable bonds is 7. The van der Waals surface area contributed by atoms with Gasteiger partial charge in [-0.2, -0.15) is 0 Å². The van der Waals surface area contributed by atoms with E-state index in [2.05, 4.69) is 21.2 Å². The Morgan fingerprint density at radius 3 is 2.59 bits per heavy atom. The fourth-order valence-electron chi connectivity index (χ4n) is 3.41. The number of nitrogens with zero attached hydrogens (tertiary/aromatic N) is 1. The van der Waals surface area contributed by atoms with Crippen molar-refractivity contribution in [1.82, 2.24) is 21.2 Å². The van der Waals surface area contributed by atoms with E-state index < -0.39 is 28.7 Å². The van der Waals surface area contributed by atoms with Gasteiger partial charge in [-0.25, -0.2) is 0 Å². The molecule has 0 bridgehead atoms. The number of benzene rings is 2. The van der Waals surface area contributed by atoms with Crippen LogP contribution in [0.2, 0.25) is 0 Å². The van der Waals surface area contributed by atoms with Crippen LogP contribution in [-0.2, 0) is 11.2 Å². The molecule has 0 aliphatic rings. The number of hydrazine groups is 1. The molecule has 0 saturated carbocycles. The van der Waals surface area contributed by atoms with Crippen molar-refractivity contribution in [1.29, 1.82) is 0 Å². The van der Waals surface area contributed by atoms with Gasteiger partial charge in [-0.1, -0.05) is 30.3 Å². The number of aromatic amines is 1. The fraction of sp³-hybridized carbons (Fsp3) is 0.0870. The topological polar surface area (TPSA) is 146 Å². The second-order valence-corrected chi connectivity index (χ2v) is 8.27. The van der Waals surface area contributed by atoms with Crippen LogP contribution in [0, 0.1) is 10.1 Å². The number of thiophene rings is 1. The second kappa shape index (κ2) is 9.96. The minimum absolute atomic E-state index is 0.00491. The molecule has 4 aromatic rings. The Hall–Kier alpha value is -4.51. The van der Waals surface area contributed by atoms with E-state index in [1.54, 1.807) is 23.7 Å². The number of amides is 3. The van der Waals surface area contributed by atoms with Crippen LogP contribution in [0.25, 0.3) is 10.9 Å². The zero-order valence-corrected chi connectivity index (χ0v) is 18.4. The minimum Gasteiger partial charge on any atom is -0.361 e. The molecule has 4 rings (SSSR count). The number of nitro groups is 1. The number of carbonyl (C=O) groups is 3. The van der Waals surface area contributed by atoms with Gasteiger partial charge < -0.3 is 10.3 Å². The molecule has 1 atom stereocenters. The Labute approximate surface area is 197 Å². The van der Waals surface area contributed by atoms with Crippen LogP contribution in [0.4, 0.5) is 5.69 Å². The van der Waals surface area contributed by atoms with Gasteiger partial charge >= 0.3 is 0 Å². The number of hydrogen-bond donors (Lipinski definition) is 4. The highest BCUT2D eigenvalue weighted by Crippen LogP contribution is 2.20. The van der Waals surface area contributed by atoms with E-state index in [-0.39, 0.29) is 17.7 Å². The van der Waals surface area contributed by atoms with Crippen LogP contribution >= 0.6 is 11.3 Å². The molecular weight excluding hydrogens is 458 g/mol. The maximum Gasteiger partial charge on any atom is 0.270 e. The number of para-hydroxylation sites is 1. The first kappa shape index (κ1) is 22.7. The molecule has 4 N–H and O–H groups in total. The van der Waals surface area contributed by atoms with Crippen LogP contribution in [-0.4, -0.2) is 33.7 Å². The van der Waals surface area contributed by atoms with Crippen LogP contribution in [0.5, 0.6) is 0 Å². The summed E-state index contributed by atoms with van der Waals surface area (Å²) >= 11 is 1.24. The largest absolute Gasteiger partial charge is 0.361 e. The maximum absolute atomic E-state index is 13.0. The summed E-state index contributed by atoms with van der Waals surface area (Å²) in [4.78, 5) is 51.9. The van der Waals surface area contributed by atoms with Gasteiger partial charge in [0, 0.05) is 41.2 Å². The van der Waals surface area contributed by atoms with Gasteiger partial charge in [0.15, 0.2) is 0 Å². The third kappa shape index (κ3) is 5.10. The Morgan fingerprint density at radius 1 is 1.00 bits per heavy atom. The fourth-order valence-corrected chi connectivity index (χ4v) is 4.03. The number of nitro benzene ring substituents is 1. The Bertz CT molecular complexity index is 1370. The maximum atomic E-state index is 13.0.